The maximum atomic E-state index is 12.9. The van der Waals surface area contributed by atoms with Crippen molar-refractivity contribution in [3.63, 3.8) is 0 Å². The van der Waals surface area contributed by atoms with E-state index in [4.69, 9.17) is 26.8 Å². The number of aliphatic hydroxyl groups excluding tert-OH is 1. The van der Waals surface area contributed by atoms with Crippen LogP contribution in [0.1, 0.15) is 65.2 Å². The summed E-state index contributed by atoms with van der Waals surface area (Å²) in [7, 11) is 0. The highest BCUT2D eigenvalue weighted by Gasteiger charge is 2.48. The number of nitrogens with zero attached hydrogens (tertiary/aromatic N) is 4. The van der Waals surface area contributed by atoms with Gasteiger partial charge in [0.1, 0.15) is 17.2 Å². The molecule has 3 atom stereocenters. The number of imidazole rings is 1. The van der Waals surface area contributed by atoms with E-state index in [-0.39, 0.29) is 35.7 Å². The van der Waals surface area contributed by atoms with E-state index >= 15 is 0 Å². The standard InChI is InChI=1S/C23H34ClN5O4/c1-3-4-5-14-6-8-15(9-7-14)21(31)32-17-10-16(33-23(17,2)12-30)11-29-13-26-18-19(25)27-22(24)28-20(18)29/h13-17,30H,3-12H2,1-2H3,(H2,25,27,28)/t14-,15-,16-,17+,23-/m1/s1. The average Bonchev–Trinajstić information content (AvgIpc) is 3.34. The smallest absolute Gasteiger partial charge is 0.309 e. The molecular formula is C23H34ClN5O4. The maximum absolute atomic E-state index is 12.9. The van der Waals surface area contributed by atoms with Gasteiger partial charge in [0.05, 0.1) is 31.5 Å². The minimum atomic E-state index is -0.958. The van der Waals surface area contributed by atoms with Crippen molar-refractivity contribution in [1.29, 1.82) is 0 Å². The highest BCUT2D eigenvalue weighted by molar-refractivity contribution is 6.28. The first-order valence-electron chi connectivity index (χ1n) is 12.0. The van der Waals surface area contributed by atoms with Crippen molar-refractivity contribution >= 4 is 34.6 Å². The van der Waals surface area contributed by atoms with E-state index in [1.807, 2.05) is 0 Å². The van der Waals surface area contributed by atoms with Gasteiger partial charge in [0.25, 0.3) is 0 Å². The summed E-state index contributed by atoms with van der Waals surface area (Å²) in [5.74, 6) is 0.710. The van der Waals surface area contributed by atoms with Gasteiger partial charge in [0.15, 0.2) is 11.5 Å². The fraction of sp³-hybridized carbons (Fsp3) is 0.739. The molecule has 2 fully saturated rings. The molecule has 1 saturated carbocycles. The van der Waals surface area contributed by atoms with Gasteiger partial charge in [-0.3, -0.25) is 4.79 Å². The molecule has 0 bridgehead atoms. The first-order chi connectivity index (χ1) is 15.8. The van der Waals surface area contributed by atoms with Gasteiger partial charge in [-0.1, -0.05) is 26.2 Å². The number of halogens is 1. The summed E-state index contributed by atoms with van der Waals surface area (Å²) in [5.41, 5.74) is 5.92. The second-order valence-corrected chi connectivity index (χ2v) is 10.0. The van der Waals surface area contributed by atoms with Gasteiger partial charge >= 0.3 is 5.97 Å². The number of anilines is 1. The van der Waals surface area contributed by atoms with Gasteiger partial charge in [-0.25, -0.2) is 4.98 Å². The number of aromatic nitrogens is 4. The topological polar surface area (TPSA) is 125 Å². The number of carbonyl (C=O) groups is 1. The number of fused-ring (bicyclic) bond motifs is 1. The molecule has 0 radical (unpaired) electrons. The van der Waals surface area contributed by atoms with Gasteiger partial charge in [-0.15, -0.1) is 0 Å². The summed E-state index contributed by atoms with van der Waals surface area (Å²) < 4.78 is 13.9. The van der Waals surface area contributed by atoms with Crippen molar-refractivity contribution in [2.24, 2.45) is 11.8 Å². The Labute approximate surface area is 199 Å². The Kier molecular flexibility index (Phi) is 7.40. The zero-order valence-corrected chi connectivity index (χ0v) is 20.1. The lowest BCUT2D eigenvalue weighted by molar-refractivity contribution is -0.168. The number of rotatable bonds is 8. The molecule has 0 spiro atoms. The summed E-state index contributed by atoms with van der Waals surface area (Å²) in [4.78, 5) is 25.4. The third-order valence-corrected chi connectivity index (χ3v) is 7.35. The molecule has 33 heavy (non-hydrogen) atoms. The molecule has 4 rings (SSSR count). The zero-order chi connectivity index (χ0) is 23.6. The Morgan fingerprint density at radius 3 is 2.82 bits per heavy atom. The van der Waals surface area contributed by atoms with Gasteiger partial charge in [0.2, 0.25) is 5.28 Å². The molecule has 2 aromatic heterocycles. The van der Waals surface area contributed by atoms with E-state index in [9.17, 15) is 9.90 Å². The fourth-order valence-electron chi connectivity index (χ4n) is 5.12. The van der Waals surface area contributed by atoms with Gasteiger partial charge in [0, 0.05) is 6.42 Å². The fourth-order valence-corrected chi connectivity index (χ4v) is 5.30. The van der Waals surface area contributed by atoms with E-state index in [1.54, 1.807) is 17.8 Å². The maximum Gasteiger partial charge on any atom is 0.309 e. The largest absolute Gasteiger partial charge is 0.459 e. The molecule has 1 aliphatic carbocycles. The Bertz CT molecular complexity index is 977. The Morgan fingerprint density at radius 2 is 2.12 bits per heavy atom. The lowest BCUT2D eigenvalue weighted by atomic mass is 9.80. The summed E-state index contributed by atoms with van der Waals surface area (Å²) in [5, 5.41) is 10.1. The average molecular weight is 480 g/mol. The molecule has 0 unspecified atom stereocenters. The number of ether oxygens (including phenoxy) is 2. The summed E-state index contributed by atoms with van der Waals surface area (Å²) >= 11 is 5.96. The molecule has 3 N–H and O–H groups in total. The number of nitrogen functional groups attached to an aromatic ring is 1. The van der Waals surface area contributed by atoms with Crippen molar-refractivity contribution in [2.75, 3.05) is 12.3 Å². The molecule has 1 saturated heterocycles. The van der Waals surface area contributed by atoms with Crippen LogP contribution in [0.25, 0.3) is 11.2 Å². The molecule has 182 valence electrons. The van der Waals surface area contributed by atoms with Crippen LogP contribution in [-0.4, -0.2) is 55.0 Å². The predicted molar refractivity (Wildman–Crippen MR) is 125 cm³/mol. The van der Waals surface area contributed by atoms with Gasteiger partial charge in [-0.05, 0) is 50.1 Å². The number of esters is 1. The van der Waals surface area contributed by atoms with Crippen molar-refractivity contribution in [3.05, 3.63) is 11.6 Å². The van der Waals surface area contributed by atoms with Crippen LogP contribution in [0.5, 0.6) is 0 Å². The highest BCUT2D eigenvalue weighted by atomic mass is 35.5. The number of unbranched alkanes of at least 4 members (excludes halogenated alkanes) is 1. The number of hydrogen-bond donors (Lipinski definition) is 2. The number of aliphatic hydroxyl groups is 1. The van der Waals surface area contributed by atoms with Crippen molar-refractivity contribution in [1.82, 2.24) is 19.5 Å². The summed E-state index contributed by atoms with van der Waals surface area (Å²) in [6.45, 7) is 4.17. The van der Waals surface area contributed by atoms with E-state index in [2.05, 4.69) is 21.9 Å². The second kappa shape index (κ2) is 10.1. The highest BCUT2D eigenvalue weighted by Crippen LogP contribution is 2.37. The molecule has 2 aliphatic rings. The third kappa shape index (κ3) is 5.25. The third-order valence-electron chi connectivity index (χ3n) is 7.18. The second-order valence-electron chi connectivity index (χ2n) is 9.68. The Hall–Kier alpha value is -1.97. The first-order valence-corrected chi connectivity index (χ1v) is 12.3. The van der Waals surface area contributed by atoms with Crippen LogP contribution >= 0.6 is 11.6 Å². The normalized spacial score (nSPS) is 30.1. The number of carbonyl (C=O) groups excluding carboxylic acids is 1. The van der Waals surface area contributed by atoms with E-state index in [1.165, 1.54) is 19.3 Å². The minimum Gasteiger partial charge on any atom is -0.459 e. The van der Waals surface area contributed by atoms with Crippen molar-refractivity contribution in [2.45, 2.75) is 89.6 Å². The summed E-state index contributed by atoms with van der Waals surface area (Å²) in [6, 6.07) is 0. The molecule has 0 aromatic carbocycles. The summed E-state index contributed by atoms with van der Waals surface area (Å²) in [6.07, 6.45) is 8.93. The van der Waals surface area contributed by atoms with Crippen LogP contribution in [0.3, 0.4) is 0 Å². The van der Waals surface area contributed by atoms with Crippen LogP contribution < -0.4 is 5.73 Å². The quantitative estimate of drug-likeness (QED) is 0.435. The minimum absolute atomic E-state index is 0.0468. The van der Waals surface area contributed by atoms with Gasteiger partial charge in [-0.2, -0.15) is 9.97 Å². The molecule has 0 amide bonds. The van der Waals surface area contributed by atoms with Crippen molar-refractivity contribution < 1.29 is 19.4 Å². The van der Waals surface area contributed by atoms with Crippen LogP contribution in [0.15, 0.2) is 6.33 Å². The SMILES string of the molecule is CCCC[C@H]1CC[C@H](C(=O)O[C@H]2C[C@H](Cn3cnc4c(N)nc(Cl)nc43)O[C@]2(C)CO)CC1. The van der Waals surface area contributed by atoms with Crippen LogP contribution in [0, 0.1) is 11.8 Å². The molecule has 2 aromatic rings. The number of nitrogens with two attached hydrogens (primary N) is 1. The Morgan fingerprint density at radius 1 is 1.36 bits per heavy atom. The molecule has 9 nitrogen and oxygen atoms in total. The van der Waals surface area contributed by atoms with E-state index in [0.29, 0.717) is 24.1 Å². The lowest BCUT2D eigenvalue weighted by Gasteiger charge is -2.31. The zero-order valence-electron chi connectivity index (χ0n) is 19.4. The lowest BCUT2D eigenvalue weighted by Crippen LogP contribution is -2.43. The van der Waals surface area contributed by atoms with E-state index in [0.717, 1.165) is 31.6 Å². The predicted octanol–water partition coefficient (Wildman–Crippen LogP) is 3.51. The molecule has 3 heterocycles. The van der Waals surface area contributed by atoms with Crippen LogP contribution in [0.2, 0.25) is 5.28 Å². The van der Waals surface area contributed by atoms with Gasteiger partial charge < -0.3 is 24.9 Å². The molecular weight excluding hydrogens is 446 g/mol. The van der Waals surface area contributed by atoms with Crippen molar-refractivity contribution in [3.8, 4) is 0 Å². The van der Waals surface area contributed by atoms with E-state index < -0.39 is 11.7 Å². The molecule has 10 heteroatoms. The Balaban J connectivity index is 1.38. The molecule has 1 aliphatic heterocycles. The monoisotopic (exact) mass is 479 g/mol. The number of hydrogen-bond acceptors (Lipinski definition) is 8. The van der Waals surface area contributed by atoms with Crippen LogP contribution in [0.4, 0.5) is 5.82 Å². The first kappa shape index (κ1) is 24.2. The van der Waals surface area contributed by atoms with Crippen LogP contribution in [-0.2, 0) is 20.8 Å².